The maximum Gasteiger partial charge on any atom is 0.264 e. The van der Waals surface area contributed by atoms with Crippen LogP contribution in [0.25, 0.3) is 0 Å². The molecule has 1 N–H and O–H groups in total. The van der Waals surface area contributed by atoms with Crippen molar-refractivity contribution in [1.82, 2.24) is 14.8 Å². The molecule has 0 aliphatic carbocycles. The van der Waals surface area contributed by atoms with Crippen LogP contribution in [0.1, 0.15) is 5.56 Å². The molecule has 0 aliphatic rings. The topological polar surface area (TPSA) is 76.9 Å². The van der Waals surface area contributed by atoms with E-state index in [4.69, 9.17) is 11.6 Å². The van der Waals surface area contributed by atoms with Gasteiger partial charge in [0.05, 0.1) is 11.4 Å². The number of halogens is 3. The maximum absolute atomic E-state index is 13.2. The van der Waals surface area contributed by atoms with Gasteiger partial charge in [-0.05, 0) is 29.8 Å². The van der Waals surface area contributed by atoms with Gasteiger partial charge >= 0.3 is 0 Å². The summed E-state index contributed by atoms with van der Waals surface area (Å²) < 4.78 is 54.0. The average molecular weight is 385 g/mol. The predicted octanol–water partition coefficient (Wildman–Crippen LogP) is 3.06. The summed E-state index contributed by atoms with van der Waals surface area (Å²) in [5.41, 5.74) is 0.782. The molecule has 3 rings (SSSR count). The van der Waals surface area contributed by atoms with Crippen LogP contribution < -0.4 is 4.72 Å². The van der Waals surface area contributed by atoms with Crippen LogP contribution >= 0.6 is 11.6 Å². The van der Waals surface area contributed by atoms with Gasteiger partial charge in [0.1, 0.15) is 6.33 Å². The van der Waals surface area contributed by atoms with E-state index in [1.807, 2.05) is 6.07 Å². The van der Waals surface area contributed by atoms with Crippen molar-refractivity contribution in [3.05, 3.63) is 71.0 Å². The SMILES string of the molecule is O=S(=O)(Nc1ncn(Cc2ccccc2Cl)n1)c1ccc(F)c(F)c1. The first kappa shape index (κ1) is 17.3. The van der Waals surface area contributed by atoms with E-state index in [0.717, 1.165) is 17.7 Å². The molecule has 2 aromatic carbocycles. The molecular weight excluding hydrogens is 374 g/mol. The minimum atomic E-state index is -4.14. The minimum absolute atomic E-state index is 0.197. The minimum Gasteiger partial charge on any atom is -0.246 e. The molecule has 0 fully saturated rings. The molecule has 0 unspecified atom stereocenters. The molecule has 1 aromatic heterocycles. The molecule has 6 nitrogen and oxygen atoms in total. The molecule has 3 aromatic rings. The van der Waals surface area contributed by atoms with Gasteiger partial charge < -0.3 is 0 Å². The molecule has 0 bridgehead atoms. The Balaban J connectivity index is 1.78. The lowest BCUT2D eigenvalue weighted by Gasteiger charge is -2.05. The van der Waals surface area contributed by atoms with Gasteiger partial charge in [-0.15, -0.1) is 5.10 Å². The first-order chi connectivity index (χ1) is 11.8. The second-order valence-electron chi connectivity index (χ2n) is 5.04. The number of nitrogens with one attached hydrogen (secondary N) is 1. The fraction of sp³-hybridized carbons (Fsp3) is 0.0667. The quantitative estimate of drug-likeness (QED) is 0.733. The molecule has 0 atom stereocenters. The second kappa shape index (κ2) is 6.77. The highest BCUT2D eigenvalue weighted by Gasteiger charge is 2.18. The molecule has 0 saturated carbocycles. The van der Waals surface area contributed by atoms with Crippen molar-refractivity contribution in [2.45, 2.75) is 11.4 Å². The molecular formula is C15H11ClF2N4O2S. The Bertz CT molecular complexity index is 1020. The van der Waals surface area contributed by atoms with Gasteiger partial charge in [0.2, 0.25) is 0 Å². The number of aromatic nitrogens is 3. The third-order valence-electron chi connectivity index (χ3n) is 3.25. The standard InChI is InChI=1S/C15H11ClF2N4O2S/c16-12-4-2-1-3-10(12)8-22-9-19-15(20-22)21-25(23,24)11-5-6-13(17)14(18)7-11/h1-7,9H,8H2,(H,20,21). The van der Waals surface area contributed by atoms with E-state index < -0.39 is 26.6 Å². The van der Waals surface area contributed by atoms with Gasteiger partial charge in [-0.2, -0.15) is 4.98 Å². The van der Waals surface area contributed by atoms with E-state index >= 15 is 0 Å². The van der Waals surface area contributed by atoms with Crippen LogP contribution in [-0.2, 0) is 16.6 Å². The normalized spacial score (nSPS) is 11.5. The fourth-order valence-electron chi connectivity index (χ4n) is 2.04. The van der Waals surface area contributed by atoms with Crippen LogP contribution in [0, 0.1) is 11.6 Å². The third-order valence-corrected chi connectivity index (χ3v) is 4.95. The first-order valence-electron chi connectivity index (χ1n) is 6.96. The Labute approximate surface area is 147 Å². The highest BCUT2D eigenvalue weighted by Crippen LogP contribution is 2.18. The van der Waals surface area contributed by atoms with Crippen molar-refractivity contribution >= 4 is 27.6 Å². The molecule has 0 saturated heterocycles. The van der Waals surface area contributed by atoms with Crippen LogP contribution in [0.15, 0.2) is 53.7 Å². The van der Waals surface area contributed by atoms with Crippen molar-refractivity contribution in [3.63, 3.8) is 0 Å². The summed E-state index contributed by atoms with van der Waals surface area (Å²) in [5.74, 6) is -2.60. The van der Waals surface area contributed by atoms with Crippen molar-refractivity contribution in [1.29, 1.82) is 0 Å². The lowest BCUT2D eigenvalue weighted by molar-refractivity contribution is 0.504. The molecule has 10 heteroatoms. The van der Waals surface area contributed by atoms with Crippen LogP contribution in [0.2, 0.25) is 5.02 Å². The molecule has 25 heavy (non-hydrogen) atoms. The molecule has 0 aliphatic heterocycles. The lowest BCUT2D eigenvalue weighted by atomic mass is 10.2. The van der Waals surface area contributed by atoms with E-state index in [2.05, 4.69) is 14.8 Å². The van der Waals surface area contributed by atoms with Crippen molar-refractivity contribution in [2.75, 3.05) is 4.72 Å². The van der Waals surface area contributed by atoms with Crippen molar-refractivity contribution in [3.8, 4) is 0 Å². The van der Waals surface area contributed by atoms with Gasteiger partial charge in [-0.1, -0.05) is 29.8 Å². The number of nitrogens with zero attached hydrogens (tertiary/aromatic N) is 3. The Morgan fingerprint density at radius 2 is 1.88 bits per heavy atom. The molecule has 1 heterocycles. The van der Waals surface area contributed by atoms with Gasteiger partial charge in [0.25, 0.3) is 16.0 Å². The van der Waals surface area contributed by atoms with E-state index in [-0.39, 0.29) is 5.95 Å². The summed E-state index contributed by atoms with van der Waals surface area (Å²) in [6, 6.07) is 9.38. The number of benzene rings is 2. The van der Waals surface area contributed by atoms with E-state index in [1.54, 1.807) is 18.2 Å². The summed E-state index contributed by atoms with van der Waals surface area (Å²) >= 11 is 6.06. The summed E-state index contributed by atoms with van der Waals surface area (Å²) in [7, 11) is -4.14. The molecule has 0 radical (unpaired) electrons. The van der Waals surface area contributed by atoms with Crippen molar-refractivity contribution in [2.24, 2.45) is 0 Å². The number of hydrogen-bond donors (Lipinski definition) is 1. The van der Waals surface area contributed by atoms with Crippen molar-refractivity contribution < 1.29 is 17.2 Å². The smallest absolute Gasteiger partial charge is 0.246 e. The van der Waals surface area contributed by atoms with Gasteiger partial charge in [0.15, 0.2) is 11.6 Å². The number of sulfonamides is 1. The fourth-order valence-corrected chi connectivity index (χ4v) is 3.19. The predicted molar refractivity (Wildman–Crippen MR) is 87.7 cm³/mol. The summed E-state index contributed by atoms with van der Waals surface area (Å²) in [5, 5.41) is 4.53. The monoisotopic (exact) mass is 384 g/mol. The Hall–Kier alpha value is -2.52. The van der Waals surface area contributed by atoms with Gasteiger partial charge in [-0.3, -0.25) is 0 Å². The molecule has 0 spiro atoms. The zero-order valence-electron chi connectivity index (χ0n) is 12.5. The lowest BCUT2D eigenvalue weighted by Crippen LogP contribution is -2.15. The van der Waals surface area contributed by atoms with Crippen LogP contribution in [0.4, 0.5) is 14.7 Å². The van der Waals surface area contributed by atoms with E-state index in [0.29, 0.717) is 17.6 Å². The van der Waals surface area contributed by atoms with E-state index in [1.165, 1.54) is 11.0 Å². The first-order valence-corrected chi connectivity index (χ1v) is 8.82. The van der Waals surface area contributed by atoms with Crippen LogP contribution in [0.3, 0.4) is 0 Å². The molecule has 130 valence electrons. The summed E-state index contributed by atoms with van der Waals surface area (Å²) in [4.78, 5) is 3.41. The highest BCUT2D eigenvalue weighted by molar-refractivity contribution is 7.92. The Morgan fingerprint density at radius 1 is 1.12 bits per heavy atom. The Morgan fingerprint density at radius 3 is 2.60 bits per heavy atom. The largest absolute Gasteiger partial charge is 0.264 e. The second-order valence-corrected chi connectivity index (χ2v) is 7.13. The highest BCUT2D eigenvalue weighted by atomic mass is 35.5. The number of hydrogen-bond acceptors (Lipinski definition) is 4. The third kappa shape index (κ3) is 3.94. The van der Waals surface area contributed by atoms with Crippen LogP contribution in [0.5, 0.6) is 0 Å². The maximum atomic E-state index is 13.2. The number of anilines is 1. The van der Waals surface area contributed by atoms with Gasteiger partial charge in [0, 0.05) is 5.02 Å². The average Bonchev–Trinajstić information content (AvgIpc) is 2.98. The zero-order valence-corrected chi connectivity index (χ0v) is 14.1. The summed E-state index contributed by atoms with van der Waals surface area (Å²) in [6.45, 7) is 0.291. The van der Waals surface area contributed by atoms with Gasteiger partial charge in [-0.25, -0.2) is 26.6 Å². The molecule has 0 amide bonds. The van der Waals surface area contributed by atoms with E-state index in [9.17, 15) is 17.2 Å². The van der Waals surface area contributed by atoms with Crippen LogP contribution in [-0.4, -0.2) is 23.2 Å². The zero-order chi connectivity index (χ0) is 18.0. The Kier molecular flexibility index (Phi) is 4.69. The summed E-state index contributed by atoms with van der Waals surface area (Å²) in [6.07, 6.45) is 1.33. The number of rotatable bonds is 5.